The van der Waals surface area contributed by atoms with Gasteiger partial charge in [-0.2, -0.15) is 0 Å². The van der Waals surface area contributed by atoms with Gasteiger partial charge in [-0.25, -0.2) is 0 Å². The van der Waals surface area contributed by atoms with Gasteiger partial charge in [-0.1, -0.05) is 47.5 Å². The number of fused-ring (bicyclic) bond motifs is 2. The van der Waals surface area contributed by atoms with Crippen molar-refractivity contribution in [2.75, 3.05) is 6.61 Å². The maximum absolute atomic E-state index is 6.49. The second-order valence-electron chi connectivity index (χ2n) is 12.5. The highest BCUT2D eigenvalue weighted by Crippen LogP contribution is 2.51. The second-order valence-corrected chi connectivity index (χ2v) is 12.5. The first-order chi connectivity index (χ1) is 12.7. The molecule has 7 unspecified atom stereocenters. The molecule has 4 aliphatic rings. The quantitative estimate of drug-likeness (QED) is 0.537. The molecule has 2 heteroatoms. The van der Waals surface area contributed by atoms with Gasteiger partial charge in [0.05, 0.1) is 24.9 Å². The minimum Gasteiger partial charge on any atom is -0.378 e. The van der Waals surface area contributed by atoms with E-state index in [-0.39, 0.29) is 0 Å². The summed E-state index contributed by atoms with van der Waals surface area (Å²) >= 11 is 0. The minimum atomic E-state index is 0.382. The summed E-state index contributed by atoms with van der Waals surface area (Å²) in [6.07, 6.45) is 15.3. The van der Waals surface area contributed by atoms with Crippen LogP contribution < -0.4 is 0 Å². The molecule has 2 saturated carbocycles. The van der Waals surface area contributed by atoms with E-state index >= 15 is 0 Å². The highest BCUT2D eigenvalue weighted by Gasteiger charge is 2.46. The molecule has 0 amide bonds. The van der Waals surface area contributed by atoms with Crippen LogP contribution in [0.25, 0.3) is 0 Å². The van der Waals surface area contributed by atoms with Crippen LogP contribution in [0.1, 0.15) is 98.8 Å². The molecule has 0 aromatic carbocycles. The molecule has 156 valence electrons. The Morgan fingerprint density at radius 2 is 1.59 bits per heavy atom. The summed E-state index contributed by atoms with van der Waals surface area (Å²) in [6, 6.07) is 0. The smallest absolute Gasteiger partial charge is 0.0612 e. The average molecular weight is 377 g/mol. The van der Waals surface area contributed by atoms with Gasteiger partial charge in [0, 0.05) is 0 Å². The average Bonchev–Trinajstić information content (AvgIpc) is 3.20. The van der Waals surface area contributed by atoms with Gasteiger partial charge in [0.25, 0.3) is 0 Å². The molecule has 2 saturated heterocycles. The molecule has 7 atom stereocenters. The van der Waals surface area contributed by atoms with Gasteiger partial charge in [-0.05, 0) is 85.9 Å². The predicted octanol–water partition coefficient (Wildman–Crippen LogP) is 6.62. The zero-order valence-electron chi connectivity index (χ0n) is 18.6. The molecule has 2 aliphatic heterocycles. The standard InChI is InChI=1S/C25H44O2/c1-24(2,3)15-23-21-11-17(10-19(21)16-26-23)13-25(4,5)14-20-12-18-8-6-7-9-22(18)27-20/h17-23H,6-16H2,1-5H3. The molecule has 0 aromatic heterocycles. The van der Waals surface area contributed by atoms with Gasteiger partial charge >= 0.3 is 0 Å². The maximum atomic E-state index is 6.49. The van der Waals surface area contributed by atoms with Crippen LogP contribution in [0.5, 0.6) is 0 Å². The Bertz CT molecular complexity index is 491. The molecule has 4 fully saturated rings. The van der Waals surface area contributed by atoms with E-state index in [0.29, 0.717) is 29.1 Å². The molecule has 0 spiro atoms. The Hall–Kier alpha value is -0.0800. The first-order valence-electron chi connectivity index (χ1n) is 12.0. The fraction of sp³-hybridized carbons (Fsp3) is 1.00. The van der Waals surface area contributed by atoms with Crippen LogP contribution >= 0.6 is 0 Å². The van der Waals surface area contributed by atoms with Crippen LogP contribution in [0.2, 0.25) is 0 Å². The zero-order valence-corrected chi connectivity index (χ0v) is 18.6. The van der Waals surface area contributed by atoms with Crippen molar-refractivity contribution in [3.63, 3.8) is 0 Å². The van der Waals surface area contributed by atoms with Crippen molar-refractivity contribution < 1.29 is 9.47 Å². The van der Waals surface area contributed by atoms with Crippen molar-refractivity contribution in [2.45, 2.75) is 117 Å². The third kappa shape index (κ3) is 4.92. The van der Waals surface area contributed by atoms with Crippen LogP contribution in [0, 0.1) is 34.5 Å². The molecule has 2 heterocycles. The van der Waals surface area contributed by atoms with Crippen LogP contribution in [0.3, 0.4) is 0 Å². The lowest BCUT2D eigenvalue weighted by atomic mass is 9.76. The van der Waals surface area contributed by atoms with E-state index in [1.165, 1.54) is 64.2 Å². The molecule has 27 heavy (non-hydrogen) atoms. The Labute approximate surface area is 168 Å². The van der Waals surface area contributed by atoms with Crippen molar-refractivity contribution in [1.82, 2.24) is 0 Å². The maximum Gasteiger partial charge on any atom is 0.0612 e. The molecule has 0 N–H and O–H groups in total. The Morgan fingerprint density at radius 3 is 2.33 bits per heavy atom. The molecular formula is C25H44O2. The summed E-state index contributed by atoms with van der Waals surface area (Å²) in [4.78, 5) is 0. The van der Waals surface area contributed by atoms with Gasteiger partial charge in [0.1, 0.15) is 0 Å². The van der Waals surface area contributed by atoms with E-state index in [2.05, 4.69) is 34.6 Å². The van der Waals surface area contributed by atoms with Crippen molar-refractivity contribution in [2.24, 2.45) is 34.5 Å². The molecule has 0 radical (unpaired) electrons. The van der Waals surface area contributed by atoms with Crippen LogP contribution in [0.4, 0.5) is 0 Å². The van der Waals surface area contributed by atoms with Gasteiger partial charge in [-0.15, -0.1) is 0 Å². The highest BCUT2D eigenvalue weighted by atomic mass is 16.5. The molecule has 0 aromatic rings. The number of hydrogen-bond donors (Lipinski definition) is 0. The molecule has 4 rings (SSSR count). The third-order valence-electron chi connectivity index (χ3n) is 8.06. The van der Waals surface area contributed by atoms with E-state index in [1.807, 2.05) is 0 Å². The molecule has 2 aliphatic carbocycles. The van der Waals surface area contributed by atoms with Gasteiger partial charge in [0.2, 0.25) is 0 Å². The van der Waals surface area contributed by atoms with Crippen molar-refractivity contribution in [3.8, 4) is 0 Å². The van der Waals surface area contributed by atoms with E-state index < -0.39 is 0 Å². The number of rotatable bonds is 5. The topological polar surface area (TPSA) is 18.5 Å². The van der Waals surface area contributed by atoms with Gasteiger partial charge < -0.3 is 9.47 Å². The van der Waals surface area contributed by atoms with E-state index in [1.54, 1.807) is 0 Å². The van der Waals surface area contributed by atoms with Crippen molar-refractivity contribution in [3.05, 3.63) is 0 Å². The van der Waals surface area contributed by atoms with Gasteiger partial charge in [-0.3, -0.25) is 0 Å². The normalized spacial score (nSPS) is 42.3. The highest BCUT2D eigenvalue weighted by molar-refractivity contribution is 4.96. The first-order valence-corrected chi connectivity index (χ1v) is 12.0. The van der Waals surface area contributed by atoms with Crippen molar-refractivity contribution >= 4 is 0 Å². The number of ether oxygens (including phenoxy) is 2. The minimum absolute atomic E-state index is 0.382. The fourth-order valence-electron chi connectivity index (χ4n) is 7.15. The Balaban J connectivity index is 1.28. The molecular weight excluding hydrogens is 332 g/mol. The Morgan fingerprint density at radius 1 is 0.815 bits per heavy atom. The third-order valence-corrected chi connectivity index (χ3v) is 8.06. The summed E-state index contributed by atoms with van der Waals surface area (Å²) in [5.74, 6) is 3.45. The fourth-order valence-corrected chi connectivity index (χ4v) is 7.15. The van der Waals surface area contributed by atoms with E-state index in [4.69, 9.17) is 9.47 Å². The van der Waals surface area contributed by atoms with Gasteiger partial charge in [0.15, 0.2) is 0 Å². The zero-order chi connectivity index (χ0) is 19.2. The lowest BCUT2D eigenvalue weighted by Crippen LogP contribution is -2.25. The largest absolute Gasteiger partial charge is 0.378 e. The second kappa shape index (κ2) is 7.63. The lowest BCUT2D eigenvalue weighted by molar-refractivity contribution is -0.00358. The van der Waals surface area contributed by atoms with E-state index in [0.717, 1.165) is 30.3 Å². The SMILES string of the molecule is CC(C)(C)CC1OCC2CC(CC(C)(C)CC3CC4CCCCC4O3)CC21. The van der Waals surface area contributed by atoms with E-state index in [9.17, 15) is 0 Å². The summed E-state index contributed by atoms with van der Waals surface area (Å²) in [7, 11) is 0. The summed E-state index contributed by atoms with van der Waals surface area (Å²) in [5.41, 5.74) is 0.801. The first kappa shape index (κ1) is 20.2. The predicted molar refractivity (Wildman–Crippen MR) is 112 cm³/mol. The van der Waals surface area contributed by atoms with Crippen LogP contribution in [-0.4, -0.2) is 24.9 Å². The lowest BCUT2D eigenvalue weighted by Gasteiger charge is -2.31. The van der Waals surface area contributed by atoms with Crippen LogP contribution in [-0.2, 0) is 9.47 Å². The monoisotopic (exact) mass is 376 g/mol. The summed E-state index contributed by atoms with van der Waals surface area (Å²) in [6.45, 7) is 13.1. The molecule has 0 bridgehead atoms. The summed E-state index contributed by atoms with van der Waals surface area (Å²) in [5, 5.41) is 0. The van der Waals surface area contributed by atoms with Crippen molar-refractivity contribution in [1.29, 1.82) is 0 Å². The summed E-state index contributed by atoms with van der Waals surface area (Å²) < 4.78 is 12.7. The molecule has 2 nitrogen and oxygen atoms in total. The number of hydrogen-bond acceptors (Lipinski definition) is 2. The Kier molecular flexibility index (Phi) is 5.71. The van der Waals surface area contributed by atoms with Crippen LogP contribution in [0.15, 0.2) is 0 Å².